The molecule has 2 aromatic rings. The minimum atomic E-state index is 0.785. The van der Waals surface area contributed by atoms with Crippen molar-refractivity contribution in [1.29, 1.82) is 0 Å². The maximum Gasteiger partial charge on any atom is 0.113 e. The summed E-state index contributed by atoms with van der Waals surface area (Å²) < 4.78 is 7.28. The van der Waals surface area contributed by atoms with E-state index in [2.05, 4.69) is 37.9 Å². The molecular formula is C15H22N4O. The summed E-state index contributed by atoms with van der Waals surface area (Å²) in [6.07, 6.45) is 6.07. The van der Waals surface area contributed by atoms with Crippen LogP contribution in [0.1, 0.15) is 12.2 Å². The van der Waals surface area contributed by atoms with Gasteiger partial charge in [0.25, 0.3) is 0 Å². The molecule has 1 fully saturated rings. The highest BCUT2D eigenvalue weighted by molar-refractivity contribution is 5.59. The molecule has 5 nitrogen and oxygen atoms in total. The van der Waals surface area contributed by atoms with Crippen LogP contribution in [0.15, 0.2) is 24.5 Å². The molecule has 0 amide bonds. The van der Waals surface area contributed by atoms with Crippen LogP contribution in [0.5, 0.6) is 0 Å². The van der Waals surface area contributed by atoms with Gasteiger partial charge in [-0.15, -0.1) is 0 Å². The van der Waals surface area contributed by atoms with Crippen molar-refractivity contribution in [3.63, 3.8) is 0 Å². The molecule has 0 aliphatic carbocycles. The van der Waals surface area contributed by atoms with Crippen LogP contribution >= 0.6 is 0 Å². The average Bonchev–Trinajstić information content (AvgIpc) is 2.91. The normalized spacial score (nSPS) is 15.9. The van der Waals surface area contributed by atoms with E-state index in [1.807, 2.05) is 6.20 Å². The maximum absolute atomic E-state index is 5.10. The molecule has 0 radical (unpaired) electrons. The summed E-state index contributed by atoms with van der Waals surface area (Å²) in [5.74, 6) is 1.11. The second kappa shape index (κ2) is 6.24. The lowest BCUT2D eigenvalue weighted by Gasteiger charge is -2.29. The van der Waals surface area contributed by atoms with E-state index in [4.69, 9.17) is 4.74 Å². The topological polar surface area (TPSA) is 41.8 Å². The Morgan fingerprint density at radius 1 is 1.35 bits per heavy atom. The molecule has 5 heteroatoms. The van der Waals surface area contributed by atoms with Crippen molar-refractivity contribution < 1.29 is 4.74 Å². The second-order valence-corrected chi connectivity index (χ2v) is 5.19. The van der Waals surface area contributed by atoms with Crippen molar-refractivity contribution in [2.75, 3.05) is 44.8 Å². The van der Waals surface area contributed by atoms with Gasteiger partial charge in [0.05, 0.1) is 11.7 Å². The Balaban J connectivity index is 1.78. The third kappa shape index (κ3) is 2.78. The molecule has 2 aromatic heterocycles. The molecular weight excluding hydrogens is 252 g/mol. The Morgan fingerprint density at radius 3 is 3.00 bits per heavy atom. The number of hydrogen-bond acceptors (Lipinski definition) is 4. The number of pyridine rings is 1. The van der Waals surface area contributed by atoms with E-state index in [9.17, 15) is 0 Å². The summed E-state index contributed by atoms with van der Waals surface area (Å²) in [7, 11) is 1.74. The Morgan fingerprint density at radius 2 is 2.20 bits per heavy atom. The summed E-state index contributed by atoms with van der Waals surface area (Å²) in [4.78, 5) is 6.95. The highest BCUT2D eigenvalue weighted by Crippen LogP contribution is 2.19. The monoisotopic (exact) mass is 274 g/mol. The standard InChI is InChI=1S/C15H22N4O/c1-20-10-2-3-15-17-12-14-11-13(4-7-19(14)15)18-8-5-16-6-9-18/h4,7,11-12,16H,2-3,5-6,8-10H2,1H3. The number of aromatic nitrogens is 2. The fraction of sp³-hybridized carbons (Fsp3) is 0.533. The third-order valence-corrected chi connectivity index (χ3v) is 3.82. The van der Waals surface area contributed by atoms with Gasteiger partial charge in [-0.2, -0.15) is 0 Å². The first-order valence-corrected chi connectivity index (χ1v) is 7.29. The number of nitrogens with one attached hydrogen (secondary N) is 1. The predicted octanol–water partition coefficient (Wildman–Crippen LogP) is 1.32. The highest BCUT2D eigenvalue weighted by Gasteiger charge is 2.11. The van der Waals surface area contributed by atoms with Crippen LogP contribution in [0, 0.1) is 0 Å². The quantitative estimate of drug-likeness (QED) is 0.835. The summed E-state index contributed by atoms with van der Waals surface area (Å²) >= 11 is 0. The number of imidazole rings is 1. The van der Waals surface area contributed by atoms with Crippen molar-refractivity contribution in [1.82, 2.24) is 14.7 Å². The van der Waals surface area contributed by atoms with Crippen LogP contribution in [-0.2, 0) is 11.2 Å². The summed E-state index contributed by atoms with van der Waals surface area (Å²) in [5, 5.41) is 3.38. The minimum absolute atomic E-state index is 0.785. The van der Waals surface area contributed by atoms with Gasteiger partial charge in [-0.25, -0.2) is 4.98 Å². The largest absolute Gasteiger partial charge is 0.385 e. The molecule has 20 heavy (non-hydrogen) atoms. The van der Waals surface area contributed by atoms with E-state index in [1.54, 1.807) is 7.11 Å². The summed E-state index contributed by atoms with van der Waals surface area (Å²) in [6, 6.07) is 4.43. The van der Waals surface area contributed by atoms with Crippen LogP contribution in [0.4, 0.5) is 5.69 Å². The molecule has 1 aliphatic heterocycles. The lowest BCUT2D eigenvalue weighted by Crippen LogP contribution is -2.43. The van der Waals surface area contributed by atoms with Gasteiger partial charge >= 0.3 is 0 Å². The van der Waals surface area contributed by atoms with E-state index in [1.165, 1.54) is 11.2 Å². The molecule has 0 bridgehead atoms. The van der Waals surface area contributed by atoms with Gasteiger partial charge in [0.1, 0.15) is 5.82 Å². The molecule has 1 aliphatic rings. The number of fused-ring (bicyclic) bond motifs is 1. The molecule has 0 atom stereocenters. The number of anilines is 1. The maximum atomic E-state index is 5.10. The SMILES string of the molecule is COCCCc1ncc2cc(N3CCNCC3)ccn12. The van der Waals surface area contributed by atoms with Gasteiger partial charge in [0.2, 0.25) is 0 Å². The number of aryl methyl sites for hydroxylation is 1. The lowest BCUT2D eigenvalue weighted by molar-refractivity contribution is 0.194. The van der Waals surface area contributed by atoms with Crippen molar-refractivity contribution >= 4 is 11.2 Å². The van der Waals surface area contributed by atoms with Gasteiger partial charge in [0.15, 0.2) is 0 Å². The molecule has 0 saturated carbocycles. The fourth-order valence-corrected chi connectivity index (χ4v) is 2.72. The first kappa shape index (κ1) is 13.4. The van der Waals surface area contributed by atoms with Gasteiger partial charge in [-0.1, -0.05) is 0 Å². The summed E-state index contributed by atoms with van der Waals surface area (Å²) in [5.41, 5.74) is 2.47. The average molecular weight is 274 g/mol. The zero-order valence-electron chi connectivity index (χ0n) is 12.0. The second-order valence-electron chi connectivity index (χ2n) is 5.19. The van der Waals surface area contributed by atoms with Crippen molar-refractivity contribution in [2.24, 2.45) is 0 Å². The smallest absolute Gasteiger partial charge is 0.113 e. The lowest BCUT2D eigenvalue weighted by atomic mass is 10.2. The van der Waals surface area contributed by atoms with Gasteiger partial charge in [0, 0.05) is 58.2 Å². The van der Waals surface area contributed by atoms with Crippen molar-refractivity contribution in [3.05, 3.63) is 30.4 Å². The molecule has 3 heterocycles. The Bertz CT molecular complexity index is 560. The highest BCUT2D eigenvalue weighted by atomic mass is 16.5. The van der Waals surface area contributed by atoms with Crippen LogP contribution < -0.4 is 10.2 Å². The molecule has 0 aromatic carbocycles. The number of ether oxygens (including phenoxy) is 1. The molecule has 1 N–H and O–H groups in total. The number of rotatable bonds is 5. The van der Waals surface area contributed by atoms with Gasteiger partial charge in [-0.05, 0) is 18.6 Å². The van der Waals surface area contributed by atoms with Crippen molar-refractivity contribution in [3.8, 4) is 0 Å². The molecule has 108 valence electrons. The van der Waals surface area contributed by atoms with E-state index in [0.29, 0.717) is 0 Å². The molecule has 3 rings (SSSR count). The number of nitrogens with zero attached hydrogens (tertiary/aromatic N) is 3. The van der Waals surface area contributed by atoms with E-state index in [0.717, 1.165) is 51.5 Å². The summed E-state index contributed by atoms with van der Waals surface area (Å²) in [6.45, 7) is 5.06. The fourth-order valence-electron chi connectivity index (χ4n) is 2.72. The first-order chi connectivity index (χ1) is 9.88. The molecule has 0 spiro atoms. The molecule has 1 saturated heterocycles. The number of piperazine rings is 1. The van der Waals surface area contributed by atoms with Crippen molar-refractivity contribution in [2.45, 2.75) is 12.8 Å². The van der Waals surface area contributed by atoms with Crippen LogP contribution in [0.3, 0.4) is 0 Å². The molecule has 0 unspecified atom stereocenters. The first-order valence-electron chi connectivity index (χ1n) is 7.29. The zero-order valence-corrected chi connectivity index (χ0v) is 12.0. The Hall–Kier alpha value is -1.59. The predicted molar refractivity (Wildman–Crippen MR) is 80.5 cm³/mol. The van der Waals surface area contributed by atoms with Crippen LogP contribution in [0.25, 0.3) is 5.52 Å². The number of hydrogen-bond donors (Lipinski definition) is 1. The van der Waals surface area contributed by atoms with Gasteiger partial charge in [-0.3, -0.25) is 0 Å². The van der Waals surface area contributed by atoms with E-state index in [-0.39, 0.29) is 0 Å². The van der Waals surface area contributed by atoms with E-state index >= 15 is 0 Å². The minimum Gasteiger partial charge on any atom is -0.385 e. The van der Waals surface area contributed by atoms with Crippen LogP contribution in [0.2, 0.25) is 0 Å². The zero-order chi connectivity index (χ0) is 13.8. The Kier molecular flexibility index (Phi) is 4.18. The number of methoxy groups -OCH3 is 1. The van der Waals surface area contributed by atoms with Gasteiger partial charge < -0.3 is 19.4 Å². The van der Waals surface area contributed by atoms with E-state index < -0.39 is 0 Å². The van der Waals surface area contributed by atoms with Crippen LogP contribution in [-0.4, -0.2) is 49.3 Å². The Labute approximate surface area is 119 Å². The third-order valence-electron chi connectivity index (χ3n) is 3.82.